The molecular formula is C16H21N3O. The number of nitrogens with one attached hydrogen (secondary N) is 1. The molecule has 0 saturated carbocycles. The second-order valence-electron chi connectivity index (χ2n) is 5.37. The van der Waals surface area contributed by atoms with Crippen molar-refractivity contribution in [1.82, 2.24) is 15.1 Å². The van der Waals surface area contributed by atoms with Crippen LogP contribution in [0.3, 0.4) is 0 Å². The number of aromatic nitrogens is 2. The standard InChI is InChI=1S/C16H21N3O/c1-11-14(16(20-3)19(2)18-11)13-9-10-17-15(13)12-7-5-4-6-8-12/h4-8,13,15,17H,9-10H2,1-3H3. The molecule has 1 aliphatic rings. The van der Waals surface area contributed by atoms with Gasteiger partial charge >= 0.3 is 0 Å². The van der Waals surface area contributed by atoms with Gasteiger partial charge in [-0.05, 0) is 25.5 Å². The molecule has 1 N–H and O–H groups in total. The van der Waals surface area contributed by atoms with E-state index in [0.29, 0.717) is 12.0 Å². The third-order valence-electron chi connectivity index (χ3n) is 4.16. The maximum atomic E-state index is 5.57. The molecule has 0 spiro atoms. The summed E-state index contributed by atoms with van der Waals surface area (Å²) in [6, 6.07) is 11.0. The van der Waals surface area contributed by atoms with Crippen molar-refractivity contribution >= 4 is 0 Å². The molecule has 2 atom stereocenters. The van der Waals surface area contributed by atoms with E-state index in [-0.39, 0.29) is 0 Å². The van der Waals surface area contributed by atoms with E-state index in [1.54, 1.807) is 7.11 Å². The van der Waals surface area contributed by atoms with Gasteiger partial charge in [0.15, 0.2) is 0 Å². The minimum Gasteiger partial charge on any atom is -0.481 e. The molecule has 3 rings (SSSR count). The van der Waals surface area contributed by atoms with Gasteiger partial charge in [-0.1, -0.05) is 30.3 Å². The fourth-order valence-electron chi connectivity index (χ4n) is 3.35. The summed E-state index contributed by atoms with van der Waals surface area (Å²) in [5, 5.41) is 8.14. The fourth-order valence-corrected chi connectivity index (χ4v) is 3.35. The Morgan fingerprint density at radius 2 is 2.05 bits per heavy atom. The first-order chi connectivity index (χ1) is 9.72. The molecule has 2 heterocycles. The molecule has 1 fully saturated rings. The zero-order valence-electron chi connectivity index (χ0n) is 12.3. The number of hydrogen-bond donors (Lipinski definition) is 1. The summed E-state index contributed by atoms with van der Waals surface area (Å²) in [6.07, 6.45) is 1.11. The summed E-state index contributed by atoms with van der Waals surface area (Å²) < 4.78 is 7.40. The van der Waals surface area contributed by atoms with Crippen LogP contribution < -0.4 is 10.1 Å². The first-order valence-corrected chi connectivity index (χ1v) is 7.08. The number of hydrogen-bond acceptors (Lipinski definition) is 3. The van der Waals surface area contributed by atoms with Gasteiger partial charge < -0.3 is 10.1 Å². The van der Waals surface area contributed by atoms with Crippen molar-refractivity contribution in [3.05, 3.63) is 47.2 Å². The molecule has 2 aromatic rings. The Kier molecular flexibility index (Phi) is 3.49. The number of nitrogens with zero attached hydrogens (tertiary/aromatic N) is 2. The van der Waals surface area contributed by atoms with Crippen LogP contribution in [0.5, 0.6) is 5.88 Å². The minimum absolute atomic E-state index is 0.341. The maximum absolute atomic E-state index is 5.57. The monoisotopic (exact) mass is 271 g/mol. The summed E-state index contributed by atoms with van der Waals surface area (Å²) in [6.45, 7) is 3.10. The number of aryl methyl sites for hydroxylation is 2. The quantitative estimate of drug-likeness (QED) is 0.932. The van der Waals surface area contributed by atoms with Crippen molar-refractivity contribution in [2.45, 2.75) is 25.3 Å². The molecule has 4 heteroatoms. The lowest BCUT2D eigenvalue weighted by atomic mass is 9.88. The molecule has 2 unspecified atom stereocenters. The van der Waals surface area contributed by atoms with Crippen molar-refractivity contribution in [2.75, 3.05) is 13.7 Å². The predicted octanol–water partition coefficient (Wildman–Crippen LogP) is 2.56. The lowest BCUT2D eigenvalue weighted by molar-refractivity contribution is 0.364. The molecule has 0 radical (unpaired) electrons. The third-order valence-corrected chi connectivity index (χ3v) is 4.16. The lowest BCUT2D eigenvalue weighted by Crippen LogP contribution is -2.17. The summed E-state index contributed by atoms with van der Waals surface area (Å²) in [7, 11) is 3.66. The highest BCUT2D eigenvalue weighted by molar-refractivity contribution is 5.39. The molecule has 0 bridgehead atoms. The van der Waals surface area contributed by atoms with Crippen LogP contribution in [0.1, 0.15) is 35.2 Å². The first kappa shape index (κ1) is 13.2. The van der Waals surface area contributed by atoms with E-state index in [2.05, 4.69) is 47.7 Å². The van der Waals surface area contributed by atoms with E-state index in [1.807, 2.05) is 11.7 Å². The Labute approximate surface area is 119 Å². The highest BCUT2D eigenvalue weighted by Crippen LogP contribution is 2.42. The molecule has 1 saturated heterocycles. The molecule has 4 nitrogen and oxygen atoms in total. The Balaban J connectivity index is 2.01. The van der Waals surface area contributed by atoms with Crippen LogP contribution in [-0.4, -0.2) is 23.4 Å². The second-order valence-corrected chi connectivity index (χ2v) is 5.37. The molecule has 1 aliphatic heterocycles. The van der Waals surface area contributed by atoms with Crippen LogP contribution in [0.25, 0.3) is 0 Å². The van der Waals surface area contributed by atoms with Crippen molar-refractivity contribution < 1.29 is 4.74 Å². The van der Waals surface area contributed by atoms with E-state index in [1.165, 1.54) is 11.1 Å². The van der Waals surface area contributed by atoms with Gasteiger partial charge in [-0.15, -0.1) is 0 Å². The normalized spacial score (nSPS) is 22.1. The third kappa shape index (κ3) is 2.10. The topological polar surface area (TPSA) is 39.1 Å². The van der Waals surface area contributed by atoms with Crippen molar-refractivity contribution in [3.8, 4) is 5.88 Å². The van der Waals surface area contributed by atoms with Gasteiger partial charge in [0.05, 0.1) is 12.8 Å². The lowest BCUT2D eigenvalue weighted by Gasteiger charge is -2.20. The zero-order valence-corrected chi connectivity index (χ0v) is 12.3. The van der Waals surface area contributed by atoms with E-state index in [9.17, 15) is 0 Å². The van der Waals surface area contributed by atoms with E-state index in [4.69, 9.17) is 4.74 Å². The number of methoxy groups -OCH3 is 1. The van der Waals surface area contributed by atoms with Gasteiger partial charge in [-0.25, -0.2) is 4.68 Å². The SMILES string of the molecule is COc1c(C2CCNC2c2ccccc2)c(C)nn1C. The smallest absolute Gasteiger partial charge is 0.215 e. The zero-order chi connectivity index (χ0) is 14.1. The number of rotatable bonds is 3. The van der Waals surface area contributed by atoms with Gasteiger partial charge in [0.2, 0.25) is 5.88 Å². The van der Waals surface area contributed by atoms with Crippen LogP contribution >= 0.6 is 0 Å². The average Bonchev–Trinajstić information content (AvgIpc) is 3.03. The first-order valence-electron chi connectivity index (χ1n) is 7.08. The van der Waals surface area contributed by atoms with Gasteiger partial charge in [-0.3, -0.25) is 0 Å². The molecule has 1 aromatic carbocycles. The molecule has 1 aromatic heterocycles. The van der Waals surface area contributed by atoms with Crippen LogP contribution in [0.4, 0.5) is 0 Å². The number of ether oxygens (including phenoxy) is 1. The van der Waals surface area contributed by atoms with Gasteiger partial charge in [-0.2, -0.15) is 5.10 Å². The summed E-state index contributed by atoms with van der Waals surface area (Å²) in [5.41, 5.74) is 3.65. The summed E-state index contributed by atoms with van der Waals surface area (Å²) in [4.78, 5) is 0. The highest BCUT2D eigenvalue weighted by Gasteiger charge is 2.34. The van der Waals surface area contributed by atoms with Crippen molar-refractivity contribution in [2.24, 2.45) is 7.05 Å². The van der Waals surface area contributed by atoms with Crippen LogP contribution in [-0.2, 0) is 7.05 Å². The van der Waals surface area contributed by atoms with E-state index < -0.39 is 0 Å². The molecule has 20 heavy (non-hydrogen) atoms. The van der Waals surface area contributed by atoms with Crippen molar-refractivity contribution in [1.29, 1.82) is 0 Å². The Hall–Kier alpha value is -1.81. The fraction of sp³-hybridized carbons (Fsp3) is 0.438. The Bertz CT molecular complexity index is 591. The maximum Gasteiger partial charge on any atom is 0.215 e. The molecule has 0 aliphatic carbocycles. The molecule has 106 valence electrons. The average molecular weight is 271 g/mol. The van der Waals surface area contributed by atoms with E-state index >= 15 is 0 Å². The highest BCUT2D eigenvalue weighted by atomic mass is 16.5. The Morgan fingerprint density at radius 3 is 2.75 bits per heavy atom. The van der Waals surface area contributed by atoms with Crippen LogP contribution in [0, 0.1) is 6.92 Å². The molecular weight excluding hydrogens is 250 g/mol. The van der Waals surface area contributed by atoms with Gasteiger partial charge in [0.25, 0.3) is 0 Å². The summed E-state index contributed by atoms with van der Waals surface area (Å²) in [5.74, 6) is 1.30. The van der Waals surface area contributed by atoms with E-state index in [0.717, 1.165) is 24.5 Å². The molecule has 0 amide bonds. The van der Waals surface area contributed by atoms with Crippen LogP contribution in [0.2, 0.25) is 0 Å². The largest absolute Gasteiger partial charge is 0.481 e. The van der Waals surface area contributed by atoms with Crippen LogP contribution in [0.15, 0.2) is 30.3 Å². The predicted molar refractivity (Wildman–Crippen MR) is 79.0 cm³/mol. The van der Waals surface area contributed by atoms with Gasteiger partial charge in [0, 0.05) is 24.6 Å². The minimum atomic E-state index is 0.341. The Morgan fingerprint density at radius 1 is 1.30 bits per heavy atom. The summed E-state index contributed by atoms with van der Waals surface area (Å²) >= 11 is 0. The number of benzene rings is 1. The second kappa shape index (κ2) is 5.29. The van der Waals surface area contributed by atoms with Crippen molar-refractivity contribution in [3.63, 3.8) is 0 Å². The van der Waals surface area contributed by atoms with Gasteiger partial charge in [0.1, 0.15) is 0 Å².